The third-order valence-electron chi connectivity index (χ3n) is 4.89. The number of carbonyl (C=O) groups excluding carboxylic acids is 1. The summed E-state index contributed by atoms with van der Waals surface area (Å²) in [4.78, 5) is 20.7. The molecule has 1 N–H and O–H groups in total. The summed E-state index contributed by atoms with van der Waals surface area (Å²) in [7, 11) is 5.48. The van der Waals surface area contributed by atoms with E-state index in [1.165, 1.54) is 0 Å². The number of aliphatic imine (C=N–C) groups is 1. The van der Waals surface area contributed by atoms with E-state index in [9.17, 15) is 4.79 Å². The van der Waals surface area contributed by atoms with Gasteiger partial charge in [0.25, 0.3) is 0 Å². The lowest BCUT2D eigenvalue weighted by molar-refractivity contribution is 0.0168. The molecule has 1 aromatic rings. The molecule has 0 radical (unpaired) electrons. The van der Waals surface area contributed by atoms with Crippen molar-refractivity contribution in [3.8, 4) is 5.75 Å². The summed E-state index contributed by atoms with van der Waals surface area (Å²) >= 11 is 0. The second-order valence-electron chi connectivity index (χ2n) is 8.53. The highest BCUT2D eigenvalue weighted by Gasteiger charge is 2.27. The Labute approximate surface area is 175 Å². The predicted molar refractivity (Wildman–Crippen MR) is 116 cm³/mol. The summed E-state index contributed by atoms with van der Waals surface area (Å²) in [5.74, 6) is 2.06. The Morgan fingerprint density at radius 2 is 2.07 bits per heavy atom. The van der Waals surface area contributed by atoms with Gasteiger partial charge in [0.1, 0.15) is 11.4 Å². The van der Waals surface area contributed by atoms with E-state index in [-0.39, 0.29) is 6.09 Å². The first-order valence-electron chi connectivity index (χ1n) is 10.2. The number of guanidine groups is 1. The summed E-state index contributed by atoms with van der Waals surface area (Å²) in [6.45, 7) is 8.61. The van der Waals surface area contributed by atoms with E-state index in [2.05, 4.69) is 21.3 Å². The van der Waals surface area contributed by atoms with Crippen LogP contribution in [0, 0.1) is 5.92 Å². The van der Waals surface area contributed by atoms with Gasteiger partial charge in [-0.3, -0.25) is 4.99 Å². The van der Waals surface area contributed by atoms with Gasteiger partial charge in [-0.2, -0.15) is 0 Å². The number of hydrogen-bond acceptors (Lipinski definition) is 4. The fraction of sp³-hybridized carbons (Fsp3) is 0.636. The first-order chi connectivity index (χ1) is 13.7. The third kappa shape index (κ3) is 7.15. The lowest BCUT2D eigenvalue weighted by atomic mass is 9.98. The molecule has 1 aromatic carbocycles. The fourth-order valence-corrected chi connectivity index (χ4v) is 3.51. The van der Waals surface area contributed by atoms with Crippen LogP contribution in [0.3, 0.4) is 0 Å². The molecular formula is C22H36N4O3. The van der Waals surface area contributed by atoms with Gasteiger partial charge in [-0.1, -0.05) is 18.2 Å². The van der Waals surface area contributed by atoms with Crippen LogP contribution in [0.1, 0.15) is 39.2 Å². The van der Waals surface area contributed by atoms with Crippen LogP contribution in [0.25, 0.3) is 0 Å². The number of methoxy groups -OCH3 is 1. The Bertz CT molecular complexity index is 700. The first kappa shape index (κ1) is 22.8. The Morgan fingerprint density at radius 3 is 2.72 bits per heavy atom. The molecule has 0 bridgehead atoms. The molecule has 29 heavy (non-hydrogen) atoms. The number of ether oxygens (including phenoxy) is 2. The van der Waals surface area contributed by atoms with Crippen LogP contribution >= 0.6 is 0 Å². The molecular weight excluding hydrogens is 368 g/mol. The highest BCUT2D eigenvalue weighted by atomic mass is 16.6. The quantitative estimate of drug-likeness (QED) is 0.602. The third-order valence-corrected chi connectivity index (χ3v) is 4.89. The molecule has 1 amide bonds. The molecule has 1 aliphatic rings. The van der Waals surface area contributed by atoms with Crippen molar-refractivity contribution in [1.82, 2.24) is 15.1 Å². The van der Waals surface area contributed by atoms with E-state index in [0.717, 1.165) is 43.2 Å². The Balaban J connectivity index is 1.89. The summed E-state index contributed by atoms with van der Waals surface area (Å²) in [5.41, 5.74) is 0.639. The summed E-state index contributed by atoms with van der Waals surface area (Å²) in [5, 5.41) is 3.46. The Morgan fingerprint density at radius 1 is 1.34 bits per heavy atom. The van der Waals surface area contributed by atoms with E-state index < -0.39 is 5.60 Å². The zero-order valence-corrected chi connectivity index (χ0v) is 18.7. The zero-order valence-electron chi connectivity index (χ0n) is 18.7. The number of hydrogen-bond donors (Lipinski definition) is 1. The van der Waals surface area contributed by atoms with Gasteiger partial charge in [-0.25, -0.2) is 4.79 Å². The topological polar surface area (TPSA) is 66.4 Å². The molecule has 0 saturated carbocycles. The van der Waals surface area contributed by atoms with Gasteiger partial charge < -0.3 is 24.6 Å². The minimum absolute atomic E-state index is 0.222. The summed E-state index contributed by atoms with van der Waals surface area (Å²) in [6, 6.07) is 8.00. The van der Waals surface area contributed by atoms with Crippen molar-refractivity contribution in [3.63, 3.8) is 0 Å². The second kappa shape index (κ2) is 10.4. The average Bonchev–Trinajstić information content (AvgIpc) is 2.68. The number of benzene rings is 1. The fourth-order valence-electron chi connectivity index (χ4n) is 3.51. The summed E-state index contributed by atoms with van der Waals surface area (Å²) in [6.07, 6.45) is 1.85. The van der Waals surface area contributed by atoms with E-state index in [1.54, 1.807) is 14.2 Å². The smallest absolute Gasteiger partial charge is 0.410 e. The van der Waals surface area contributed by atoms with Crippen molar-refractivity contribution >= 4 is 12.1 Å². The number of nitrogens with zero attached hydrogens (tertiary/aromatic N) is 3. The van der Waals surface area contributed by atoms with E-state index in [4.69, 9.17) is 9.47 Å². The van der Waals surface area contributed by atoms with Crippen LogP contribution in [0.2, 0.25) is 0 Å². The molecule has 1 heterocycles. The second-order valence-corrected chi connectivity index (χ2v) is 8.53. The van der Waals surface area contributed by atoms with Gasteiger partial charge in [0.2, 0.25) is 0 Å². The molecule has 1 atom stereocenters. The lowest BCUT2D eigenvalue weighted by Gasteiger charge is -2.34. The molecule has 1 fully saturated rings. The number of para-hydroxylation sites is 1. The van der Waals surface area contributed by atoms with Crippen molar-refractivity contribution < 1.29 is 14.3 Å². The van der Waals surface area contributed by atoms with E-state index >= 15 is 0 Å². The largest absolute Gasteiger partial charge is 0.496 e. The number of carbonyl (C=O) groups is 1. The molecule has 1 saturated heterocycles. The molecule has 0 spiro atoms. The lowest BCUT2D eigenvalue weighted by Crippen LogP contribution is -2.47. The maximum atomic E-state index is 12.4. The van der Waals surface area contributed by atoms with Crippen LogP contribution in [0.5, 0.6) is 5.75 Å². The van der Waals surface area contributed by atoms with Crippen LogP contribution < -0.4 is 10.1 Å². The highest BCUT2D eigenvalue weighted by molar-refractivity contribution is 5.79. The van der Waals surface area contributed by atoms with Gasteiger partial charge in [-0.05, 0) is 45.6 Å². The predicted octanol–water partition coefficient (Wildman–Crippen LogP) is 3.35. The van der Waals surface area contributed by atoms with Gasteiger partial charge in [-0.15, -0.1) is 0 Å². The maximum absolute atomic E-state index is 12.4. The molecule has 0 aliphatic carbocycles. The summed E-state index contributed by atoms with van der Waals surface area (Å²) < 4.78 is 11.0. The molecule has 162 valence electrons. The molecule has 1 unspecified atom stereocenters. The van der Waals surface area contributed by atoms with Crippen molar-refractivity contribution in [3.05, 3.63) is 29.8 Å². The molecule has 7 nitrogen and oxygen atoms in total. The standard InChI is InChI=1S/C22H36N4O3/c1-22(2,3)29-21(27)26-13-9-10-17(15-26)14-24-20(23-4)25(5)16-18-11-7-8-12-19(18)28-6/h7-8,11-12,17H,9-10,13-16H2,1-6H3,(H,23,24). The van der Waals surface area contributed by atoms with Crippen molar-refractivity contribution in [2.24, 2.45) is 10.9 Å². The minimum Gasteiger partial charge on any atom is -0.496 e. The Hall–Kier alpha value is -2.44. The van der Waals surface area contributed by atoms with Crippen molar-refractivity contribution in [2.45, 2.75) is 45.8 Å². The Kier molecular flexibility index (Phi) is 8.17. The minimum atomic E-state index is -0.467. The molecule has 2 rings (SSSR count). The van der Waals surface area contributed by atoms with Crippen molar-refractivity contribution in [2.75, 3.05) is 40.8 Å². The van der Waals surface area contributed by atoms with Crippen LogP contribution in [-0.4, -0.2) is 68.3 Å². The molecule has 7 heteroatoms. The number of rotatable bonds is 5. The number of nitrogens with one attached hydrogen (secondary N) is 1. The maximum Gasteiger partial charge on any atom is 0.410 e. The van der Waals surface area contributed by atoms with Gasteiger partial charge in [0.05, 0.1) is 7.11 Å². The average molecular weight is 405 g/mol. The number of amides is 1. The normalized spacial score (nSPS) is 17.7. The van der Waals surface area contributed by atoms with Crippen LogP contribution in [0.15, 0.2) is 29.3 Å². The number of likely N-dealkylation sites (tertiary alicyclic amines) is 1. The van der Waals surface area contributed by atoms with Crippen molar-refractivity contribution in [1.29, 1.82) is 0 Å². The van der Waals surface area contributed by atoms with Crippen LogP contribution in [-0.2, 0) is 11.3 Å². The SMILES string of the molecule is CN=C(NCC1CCCN(C(=O)OC(C)(C)C)C1)N(C)Cc1ccccc1OC. The first-order valence-corrected chi connectivity index (χ1v) is 10.2. The van der Waals surface area contributed by atoms with Gasteiger partial charge in [0, 0.05) is 45.8 Å². The van der Waals surface area contributed by atoms with E-state index in [1.807, 2.05) is 50.9 Å². The number of piperidine rings is 1. The van der Waals surface area contributed by atoms with Gasteiger partial charge >= 0.3 is 6.09 Å². The van der Waals surface area contributed by atoms with E-state index in [0.29, 0.717) is 19.0 Å². The molecule has 1 aliphatic heterocycles. The van der Waals surface area contributed by atoms with Crippen LogP contribution in [0.4, 0.5) is 4.79 Å². The molecule has 0 aromatic heterocycles. The monoisotopic (exact) mass is 404 g/mol. The zero-order chi connectivity index (χ0) is 21.4. The highest BCUT2D eigenvalue weighted by Crippen LogP contribution is 2.20. The van der Waals surface area contributed by atoms with Gasteiger partial charge in [0.15, 0.2) is 5.96 Å².